The Balaban J connectivity index is 4.40. The van der Waals surface area contributed by atoms with E-state index in [2.05, 4.69) is 9.47 Å². The summed E-state index contributed by atoms with van der Waals surface area (Å²) < 4.78 is 88.1. The molecule has 0 aromatic heterocycles. The van der Waals surface area contributed by atoms with E-state index in [0.717, 1.165) is 7.11 Å². The fourth-order valence-corrected chi connectivity index (χ4v) is 1.49. The van der Waals surface area contributed by atoms with Gasteiger partial charge in [0.25, 0.3) is 0 Å². The van der Waals surface area contributed by atoms with Gasteiger partial charge < -0.3 is 9.47 Å². The zero-order valence-electron chi connectivity index (χ0n) is 10.6. The Bertz CT molecular complexity index is 488. The molecule has 12 heteroatoms. The van der Waals surface area contributed by atoms with Crippen LogP contribution in [0.3, 0.4) is 0 Å². The number of carbonyl (C=O) groups excluding carboxylic acids is 2. The maximum Gasteiger partial charge on any atom is 0.431 e. The van der Waals surface area contributed by atoms with Gasteiger partial charge in [0.2, 0.25) is 0 Å². The molecule has 0 aliphatic heterocycles. The summed E-state index contributed by atoms with van der Waals surface area (Å²) in [6.07, 6.45) is -2.75. The first-order valence-corrected chi connectivity index (χ1v) is 6.74. The molecule has 0 saturated carbocycles. The first-order valence-electron chi connectivity index (χ1n) is 5.30. The highest BCUT2D eigenvalue weighted by Crippen LogP contribution is 2.40. The Morgan fingerprint density at radius 1 is 1.10 bits per heavy atom. The molecule has 0 heterocycles. The highest BCUT2D eigenvalue weighted by atomic mass is 32.2. The van der Waals surface area contributed by atoms with Crippen molar-refractivity contribution in [3.8, 4) is 0 Å². The van der Waals surface area contributed by atoms with E-state index >= 15 is 0 Å². The average Bonchev–Trinajstić information content (AvgIpc) is 2.34. The van der Waals surface area contributed by atoms with Gasteiger partial charge >= 0.3 is 33.2 Å². The summed E-state index contributed by atoms with van der Waals surface area (Å²) >= 11 is 0. The number of carbonyl (C=O) groups is 2. The second-order valence-corrected chi connectivity index (χ2v) is 5.21. The van der Waals surface area contributed by atoms with E-state index in [9.17, 15) is 35.6 Å². The van der Waals surface area contributed by atoms with Crippen LogP contribution in [0.25, 0.3) is 0 Å². The van der Waals surface area contributed by atoms with Crippen molar-refractivity contribution in [2.75, 3.05) is 13.7 Å². The Labute approximate surface area is 116 Å². The van der Waals surface area contributed by atoms with Gasteiger partial charge in [-0.25, -0.2) is 0 Å². The number of hydrogen-bond acceptors (Lipinski definition) is 6. The van der Waals surface area contributed by atoms with Gasteiger partial charge in [-0.2, -0.15) is 26.0 Å². The molecule has 0 bridgehead atoms. The van der Waals surface area contributed by atoms with Crippen molar-refractivity contribution in [2.45, 2.75) is 30.4 Å². The minimum atomic E-state index is -6.32. The zero-order chi connectivity index (χ0) is 16.9. The van der Waals surface area contributed by atoms with E-state index in [1.807, 2.05) is 0 Å². The number of methoxy groups -OCH3 is 1. The Morgan fingerprint density at radius 3 is 2.00 bits per heavy atom. The van der Waals surface area contributed by atoms with Crippen LogP contribution in [0, 0.1) is 0 Å². The number of esters is 2. The molecule has 0 aromatic rings. The minimum absolute atomic E-state index is 0.396. The SMILES string of the molecule is COC(=O)CCC(=O)OCCC(F)(F)C(F)(F)S(=O)(=O)O. The second kappa shape index (κ2) is 7.02. The third-order valence-corrected chi connectivity index (χ3v) is 3.14. The normalized spacial score (nSPS) is 12.9. The number of ether oxygens (including phenoxy) is 2. The van der Waals surface area contributed by atoms with Crippen LogP contribution < -0.4 is 0 Å². The minimum Gasteiger partial charge on any atom is -0.469 e. The van der Waals surface area contributed by atoms with Crippen LogP contribution in [0.5, 0.6) is 0 Å². The van der Waals surface area contributed by atoms with Gasteiger partial charge in [-0.1, -0.05) is 0 Å². The van der Waals surface area contributed by atoms with Gasteiger partial charge in [0.1, 0.15) is 0 Å². The fourth-order valence-electron chi connectivity index (χ4n) is 1.01. The molecule has 0 aliphatic rings. The number of hydrogen-bond donors (Lipinski definition) is 1. The Kier molecular flexibility index (Phi) is 6.54. The fraction of sp³-hybridized carbons (Fsp3) is 0.778. The van der Waals surface area contributed by atoms with Gasteiger partial charge in [-0.3, -0.25) is 14.1 Å². The third-order valence-electron chi connectivity index (χ3n) is 2.19. The number of rotatable bonds is 8. The lowest BCUT2D eigenvalue weighted by Gasteiger charge is -2.23. The molecule has 7 nitrogen and oxygen atoms in total. The zero-order valence-corrected chi connectivity index (χ0v) is 11.5. The molecule has 1 N–H and O–H groups in total. The third kappa shape index (κ3) is 5.46. The lowest BCUT2D eigenvalue weighted by atomic mass is 10.2. The maximum atomic E-state index is 13.0. The van der Waals surface area contributed by atoms with E-state index in [1.165, 1.54) is 0 Å². The first-order chi connectivity index (χ1) is 9.35. The van der Waals surface area contributed by atoms with E-state index in [0.29, 0.717) is 0 Å². The predicted molar refractivity (Wildman–Crippen MR) is 58.3 cm³/mol. The largest absolute Gasteiger partial charge is 0.469 e. The quantitative estimate of drug-likeness (QED) is 0.399. The van der Waals surface area contributed by atoms with Crippen molar-refractivity contribution in [1.82, 2.24) is 0 Å². The molecule has 0 radical (unpaired) electrons. The van der Waals surface area contributed by atoms with Crippen molar-refractivity contribution >= 4 is 22.1 Å². The van der Waals surface area contributed by atoms with Gasteiger partial charge in [0.15, 0.2) is 0 Å². The maximum absolute atomic E-state index is 13.0. The van der Waals surface area contributed by atoms with Crippen LogP contribution in [-0.2, 0) is 29.2 Å². The van der Waals surface area contributed by atoms with Crippen molar-refractivity contribution in [1.29, 1.82) is 0 Å². The van der Waals surface area contributed by atoms with Crippen LogP contribution in [0.4, 0.5) is 17.6 Å². The highest BCUT2D eigenvalue weighted by Gasteiger charge is 2.65. The second-order valence-electron chi connectivity index (χ2n) is 3.74. The van der Waals surface area contributed by atoms with E-state index in [4.69, 9.17) is 4.55 Å². The molecular formula is C9H12F4O7S. The van der Waals surface area contributed by atoms with Crippen molar-refractivity contribution in [3.63, 3.8) is 0 Å². The van der Waals surface area contributed by atoms with Crippen molar-refractivity contribution < 1.29 is 49.6 Å². The summed E-state index contributed by atoms with van der Waals surface area (Å²) in [6, 6.07) is 0. The highest BCUT2D eigenvalue weighted by molar-refractivity contribution is 7.87. The lowest BCUT2D eigenvalue weighted by Crippen LogP contribution is -2.47. The molecule has 0 saturated heterocycles. The Morgan fingerprint density at radius 2 is 1.57 bits per heavy atom. The summed E-state index contributed by atoms with van der Waals surface area (Å²) in [6.45, 7) is -1.22. The summed E-state index contributed by atoms with van der Waals surface area (Å²) in [7, 11) is -5.27. The van der Waals surface area contributed by atoms with Crippen molar-refractivity contribution in [2.24, 2.45) is 0 Å². The standard InChI is InChI=1S/C9H12F4O7S/c1-19-6(14)2-3-7(15)20-5-4-8(10,11)9(12,13)21(16,17)18/h2-5H2,1H3,(H,16,17,18). The lowest BCUT2D eigenvalue weighted by molar-refractivity contribution is -0.175. The molecule has 0 aromatic carbocycles. The molecule has 0 unspecified atom stereocenters. The molecule has 0 amide bonds. The molecule has 0 fully saturated rings. The van der Waals surface area contributed by atoms with Crippen LogP contribution in [-0.4, -0.2) is 49.8 Å². The van der Waals surface area contributed by atoms with Gasteiger partial charge in [0, 0.05) is 0 Å². The van der Waals surface area contributed by atoms with Crippen LogP contribution in [0.2, 0.25) is 0 Å². The van der Waals surface area contributed by atoms with Crippen LogP contribution in [0.15, 0.2) is 0 Å². The van der Waals surface area contributed by atoms with Gasteiger partial charge in [-0.05, 0) is 0 Å². The van der Waals surface area contributed by atoms with E-state index in [-0.39, 0.29) is 0 Å². The monoisotopic (exact) mass is 340 g/mol. The summed E-state index contributed by atoms with van der Waals surface area (Å²) in [4.78, 5) is 21.6. The van der Waals surface area contributed by atoms with Gasteiger partial charge in [0.05, 0.1) is 33.0 Å². The number of halogens is 4. The predicted octanol–water partition coefficient (Wildman–Crippen LogP) is 0.989. The molecule has 124 valence electrons. The van der Waals surface area contributed by atoms with Gasteiger partial charge in [-0.15, -0.1) is 0 Å². The molecular weight excluding hydrogens is 328 g/mol. The summed E-state index contributed by atoms with van der Waals surface area (Å²) in [5.74, 6) is -7.04. The molecule has 0 rings (SSSR count). The van der Waals surface area contributed by atoms with Crippen molar-refractivity contribution in [3.05, 3.63) is 0 Å². The van der Waals surface area contributed by atoms with E-state index in [1.54, 1.807) is 0 Å². The summed E-state index contributed by atoms with van der Waals surface area (Å²) in [5, 5.41) is -5.71. The smallest absolute Gasteiger partial charge is 0.431 e. The first kappa shape index (κ1) is 19.6. The molecule has 0 aliphatic carbocycles. The average molecular weight is 340 g/mol. The molecule has 21 heavy (non-hydrogen) atoms. The Hall–Kier alpha value is -1.43. The molecule has 0 spiro atoms. The van der Waals surface area contributed by atoms with Crippen LogP contribution >= 0.6 is 0 Å². The summed E-state index contributed by atoms with van der Waals surface area (Å²) in [5.41, 5.74) is 0. The molecule has 0 atom stereocenters. The van der Waals surface area contributed by atoms with Crippen LogP contribution in [0.1, 0.15) is 19.3 Å². The number of alkyl halides is 4. The van der Waals surface area contributed by atoms with E-state index < -0.39 is 59.1 Å². The topological polar surface area (TPSA) is 107 Å².